The van der Waals surface area contributed by atoms with Crippen LogP contribution >= 0.6 is 24.0 Å². The number of nitrogens with zero attached hydrogens (tertiary/aromatic N) is 4. The molecule has 0 aliphatic carbocycles. The van der Waals surface area contributed by atoms with Crippen LogP contribution in [-0.2, 0) is 13.5 Å². The number of aromatic nitrogens is 2. The van der Waals surface area contributed by atoms with Crippen LogP contribution in [0.4, 0.5) is 0 Å². The number of aryl methyl sites for hydroxylation is 2. The fourth-order valence-electron chi connectivity index (χ4n) is 3.17. The van der Waals surface area contributed by atoms with Crippen molar-refractivity contribution in [2.24, 2.45) is 17.5 Å². The van der Waals surface area contributed by atoms with Gasteiger partial charge in [0.05, 0.1) is 5.69 Å². The standard InChI is InChI=1S/C17H31N5.HI/c1-12-14(13(2)21(8)20-12)9-10-19-15(18-7)22-11-16(3,4)17(22,5)6;/h9-11H2,1-8H3,(H,18,19);1H. The maximum Gasteiger partial charge on any atom is 0.194 e. The summed E-state index contributed by atoms with van der Waals surface area (Å²) in [6.07, 6.45) is 0.974. The van der Waals surface area contributed by atoms with Gasteiger partial charge in [-0.1, -0.05) is 13.8 Å². The van der Waals surface area contributed by atoms with E-state index in [4.69, 9.17) is 0 Å². The molecule has 0 aromatic carbocycles. The monoisotopic (exact) mass is 433 g/mol. The maximum atomic E-state index is 4.48. The Morgan fingerprint density at radius 2 is 1.87 bits per heavy atom. The molecule has 132 valence electrons. The van der Waals surface area contributed by atoms with Crippen LogP contribution in [0.1, 0.15) is 44.6 Å². The molecule has 1 saturated heterocycles. The van der Waals surface area contributed by atoms with Crippen molar-refractivity contribution in [1.82, 2.24) is 20.0 Å². The van der Waals surface area contributed by atoms with E-state index in [1.165, 1.54) is 11.3 Å². The summed E-state index contributed by atoms with van der Waals surface area (Å²) in [5.41, 5.74) is 4.17. The Labute approximate surface area is 157 Å². The molecule has 6 heteroatoms. The summed E-state index contributed by atoms with van der Waals surface area (Å²) in [6.45, 7) is 15.4. The fourth-order valence-corrected chi connectivity index (χ4v) is 3.17. The van der Waals surface area contributed by atoms with Crippen LogP contribution in [0.25, 0.3) is 0 Å². The molecule has 0 atom stereocenters. The quantitative estimate of drug-likeness (QED) is 0.453. The molecule has 1 aliphatic rings. The molecule has 1 fully saturated rings. The molecule has 1 N–H and O–H groups in total. The van der Waals surface area contributed by atoms with Gasteiger partial charge in [0.15, 0.2) is 5.96 Å². The van der Waals surface area contributed by atoms with E-state index < -0.39 is 0 Å². The van der Waals surface area contributed by atoms with E-state index in [-0.39, 0.29) is 29.5 Å². The van der Waals surface area contributed by atoms with Crippen LogP contribution in [-0.4, -0.2) is 46.3 Å². The summed E-state index contributed by atoms with van der Waals surface area (Å²) in [4.78, 5) is 6.83. The molecule has 2 rings (SSSR count). The van der Waals surface area contributed by atoms with Crippen LogP contribution in [0.3, 0.4) is 0 Å². The van der Waals surface area contributed by atoms with Gasteiger partial charge in [-0.15, -0.1) is 24.0 Å². The highest BCUT2D eigenvalue weighted by atomic mass is 127. The minimum absolute atomic E-state index is 0. The van der Waals surface area contributed by atoms with Gasteiger partial charge in [-0.3, -0.25) is 9.67 Å². The predicted octanol–water partition coefficient (Wildman–Crippen LogP) is 2.89. The van der Waals surface area contributed by atoms with Gasteiger partial charge >= 0.3 is 0 Å². The van der Waals surface area contributed by atoms with E-state index in [1.807, 2.05) is 18.8 Å². The normalized spacial score (nSPS) is 19.1. The molecule has 0 saturated carbocycles. The summed E-state index contributed by atoms with van der Waals surface area (Å²) in [6, 6.07) is 0. The molecular formula is C17H32IN5. The zero-order valence-corrected chi connectivity index (χ0v) is 18.1. The number of guanidine groups is 1. The zero-order chi connectivity index (χ0) is 16.7. The Bertz CT molecular complexity index is 586. The van der Waals surface area contributed by atoms with Gasteiger partial charge in [-0.05, 0) is 39.7 Å². The van der Waals surface area contributed by atoms with Gasteiger partial charge in [0, 0.05) is 43.8 Å². The molecule has 5 nitrogen and oxygen atoms in total. The van der Waals surface area contributed by atoms with Crippen molar-refractivity contribution in [3.8, 4) is 0 Å². The largest absolute Gasteiger partial charge is 0.356 e. The molecule has 0 bridgehead atoms. The number of rotatable bonds is 3. The molecule has 1 aliphatic heterocycles. The number of aliphatic imine (C=N–C) groups is 1. The van der Waals surface area contributed by atoms with Crippen LogP contribution < -0.4 is 5.32 Å². The molecule has 1 aromatic heterocycles. The summed E-state index contributed by atoms with van der Waals surface area (Å²) >= 11 is 0. The van der Waals surface area contributed by atoms with Crippen LogP contribution in [0.2, 0.25) is 0 Å². The van der Waals surface area contributed by atoms with Crippen molar-refractivity contribution in [3.05, 3.63) is 17.0 Å². The highest BCUT2D eigenvalue weighted by Crippen LogP contribution is 2.46. The third-order valence-corrected chi connectivity index (χ3v) is 5.67. The minimum atomic E-state index is 0. The Balaban J connectivity index is 0.00000264. The highest BCUT2D eigenvalue weighted by molar-refractivity contribution is 14.0. The van der Waals surface area contributed by atoms with Crippen molar-refractivity contribution in [2.75, 3.05) is 20.1 Å². The van der Waals surface area contributed by atoms with E-state index in [0.717, 1.165) is 31.2 Å². The van der Waals surface area contributed by atoms with Gasteiger partial charge in [0.1, 0.15) is 0 Å². The molecule has 23 heavy (non-hydrogen) atoms. The van der Waals surface area contributed by atoms with E-state index in [0.29, 0.717) is 5.41 Å². The van der Waals surface area contributed by atoms with Gasteiger partial charge in [0.2, 0.25) is 0 Å². The number of likely N-dealkylation sites (tertiary alicyclic amines) is 1. The summed E-state index contributed by atoms with van der Waals surface area (Å²) in [5, 5.41) is 8.00. The summed E-state index contributed by atoms with van der Waals surface area (Å²) in [5.74, 6) is 1.00. The molecule has 0 spiro atoms. The third-order valence-electron chi connectivity index (χ3n) is 5.67. The first-order valence-corrected chi connectivity index (χ1v) is 8.09. The molecule has 1 aromatic rings. The molecule has 2 heterocycles. The topological polar surface area (TPSA) is 45.5 Å². The van der Waals surface area contributed by atoms with Crippen molar-refractivity contribution < 1.29 is 0 Å². The third kappa shape index (κ3) is 3.51. The average Bonchev–Trinajstić information content (AvgIpc) is 2.67. The van der Waals surface area contributed by atoms with Crippen LogP contribution in [0.5, 0.6) is 0 Å². The second kappa shape index (κ2) is 6.99. The number of nitrogens with one attached hydrogen (secondary N) is 1. The SMILES string of the molecule is CN=C(NCCc1c(C)nn(C)c1C)N1CC(C)(C)C1(C)C.I. The number of hydrogen-bond donors (Lipinski definition) is 1. The first-order valence-electron chi connectivity index (χ1n) is 8.09. The van der Waals surface area contributed by atoms with Gasteiger partial charge in [0.25, 0.3) is 0 Å². The summed E-state index contributed by atoms with van der Waals surface area (Å²) < 4.78 is 1.96. The smallest absolute Gasteiger partial charge is 0.194 e. The lowest BCUT2D eigenvalue weighted by molar-refractivity contribution is -0.0666. The Kier molecular flexibility index (Phi) is 6.15. The molecular weight excluding hydrogens is 401 g/mol. The van der Waals surface area contributed by atoms with Crippen molar-refractivity contribution in [3.63, 3.8) is 0 Å². The Hall–Kier alpha value is -0.790. The van der Waals surface area contributed by atoms with E-state index in [9.17, 15) is 0 Å². The van der Waals surface area contributed by atoms with Gasteiger partial charge < -0.3 is 10.2 Å². The summed E-state index contributed by atoms with van der Waals surface area (Å²) in [7, 11) is 3.87. The number of halogens is 1. The lowest BCUT2D eigenvalue weighted by atomic mass is 9.65. The fraction of sp³-hybridized carbons (Fsp3) is 0.765. The number of hydrogen-bond acceptors (Lipinski definition) is 2. The lowest BCUT2D eigenvalue weighted by Crippen LogP contribution is -2.72. The van der Waals surface area contributed by atoms with E-state index >= 15 is 0 Å². The Morgan fingerprint density at radius 3 is 2.26 bits per heavy atom. The minimum Gasteiger partial charge on any atom is -0.356 e. The van der Waals surface area contributed by atoms with Crippen molar-refractivity contribution in [1.29, 1.82) is 0 Å². The van der Waals surface area contributed by atoms with Crippen LogP contribution in [0.15, 0.2) is 4.99 Å². The predicted molar refractivity (Wildman–Crippen MR) is 108 cm³/mol. The maximum absolute atomic E-state index is 4.48. The second-order valence-corrected chi connectivity index (χ2v) is 7.53. The first-order chi connectivity index (χ1) is 10.1. The van der Waals surface area contributed by atoms with Gasteiger partial charge in [-0.25, -0.2) is 0 Å². The molecule has 0 radical (unpaired) electrons. The van der Waals surface area contributed by atoms with E-state index in [1.54, 1.807) is 0 Å². The van der Waals surface area contributed by atoms with Crippen molar-refractivity contribution in [2.45, 2.75) is 53.5 Å². The Morgan fingerprint density at radius 1 is 1.26 bits per heavy atom. The molecule has 0 unspecified atom stereocenters. The zero-order valence-electron chi connectivity index (χ0n) is 15.8. The van der Waals surface area contributed by atoms with E-state index in [2.05, 4.69) is 61.9 Å². The average molecular weight is 433 g/mol. The first kappa shape index (κ1) is 20.3. The van der Waals surface area contributed by atoms with Crippen molar-refractivity contribution >= 4 is 29.9 Å². The second-order valence-electron chi connectivity index (χ2n) is 7.53. The van der Waals surface area contributed by atoms with Crippen LogP contribution in [0, 0.1) is 19.3 Å². The lowest BCUT2D eigenvalue weighted by Gasteiger charge is -2.62. The molecule has 0 amide bonds. The highest BCUT2D eigenvalue weighted by Gasteiger charge is 2.53. The van der Waals surface area contributed by atoms with Gasteiger partial charge in [-0.2, -0.15) is 5.10 Å².